The van der Waals surface area contributed by atoms with E-state index in [-0.39, 0.29) is 17.8 Å². The summed E-state index contributed by atoms with van der Waals surface area (Å²) in [6.07, 6.45) is 1.32. The molecule has 0 saturated carbocycles. The van der Waals surface area contributed by atoms with E-state index in [1.54, 1.807) is 17.0 Å². The first kappa shape index (κ1) is 18.6. The van der Waals surface area contributed by atoms with E-state index in [4.69, 9.17) is 21.1 Å². The lowest BCUT2D eigenvalue weighted by atomic mass is 9.96. The summed E-state index contributed by atoms with van der Waals surface area (Å²) in [6, 6.07) is 5.38. The normalized spacial score (nSPS) is 16.6. The van der Waals surface area contributed by atoms with Gasteiger partial charge in [0.15, 0.2) is 6.10 Å². The fourth-order valence-electron chi connectivity index (χ4n) is 2.87. The van der Waals surface area contributed by atoms with Crippen LogP contribution in [0.25, 0.3) is 0 Å². The molecule has 1 atom stereocenters. The number of halogens is 1. The Morgan fingerprint density at radius 3 is 2.54 bits per heavy atom. The van der Waals surface area contributed by atoms with Crippen LogP contribution in [0.15, 0.2) is 18.2 Å². The molecule has 0 radical (unpaired) electrons. The number of carbonyl (C=O) groups excluding carboxylic acids is 2. The smallest absolute Gasteiger partial charge is 0.308 e. The highest BCUT2D eigenvalue weighted by atomic mass is 35.5. The Morgan fingerprint density at radius 1 is 1.33 bits per heavy atom. The third-order valence-corrected chi connectivity index (χ3v) is 4.82. The number of hydrogen-bond acceptors (Lipinski definition) is 4. The molecule has 0 spiro atoms. The number of ether oxygens (including phenoxy) is 2. The van der Waals surface area contributed by atoms with Crippen molar-refractivity contribution in [1.82, 2.24) is 4.90 Å². The van der Waals surface area contributed by atoms with Gasteiger partial charge in [-0.15, -0.1) is 0 Å². The lowest BCUT2D eigenvalue weighted by molar-refractivity contribution is -0.150. The molecular weight excluding hydrogens is 330 g/mol. The van der Waals surface area contributed by atoms with Crippen molar-refractivity contribution in [1.29, 1.82) is 0 Å². The quantitative estimate of drug-likeness (QED) is 0.763. The molecule has 1 aromatic carbocycles. The predicted molar refractivity (Wildman–Crippen MR) is 92.2 cm³/mol. The van der Waals surface area contributed by atoms with Crippen LogP contribution in [0.2, 0.25) is 5.02 Å². The molecule has 132 valence electrons. The summed E-state index contributed by atoms with van der Waals surface area (Å²) in [4.78, 5) is 26.0. The Morgan fingerprint density at radius 2 is 2.00 bits per heavy atom. The summed E-state index contributed by atoms with van der Waals surface area (Å²) >= 11 is 6.02. The van der Waals surface area contributed by atoms with Crippen LogP contribution < -0.4 is 4.74 Å². The molecule has 5 nitrogen and oxygen atoms in total. The first-order chi connectivity index (χ1) is 11.5. The van der Waals surface area contributed by atoms with E-state index >= 15 is 0 Å². The van der Waals surface area contributed by atoms with Gasteiger partial charge in [-0.3, -0.25) is 9.59 Å². The molecule has 2 rings (SSSR count). The van der Waals surface area contributed by atoms with Gasteiger partial charge < -0.3 is 14.4 Å². The van der Waals surface area contributed by atoms with E-state index < -0.39 is 6.10 Å². The van der Waals surface area contributed by atoms with Crippen molar-refractivity contribution >= 4 is 23.5 Å². The minimum Gasteiger partial charge on any atom is -0.481 e. The Bertz CT molecular complexity index is 597. The zero-order valence-electron chi connectivity index (χ0n) is 14.4. The van der Waals surface area contributed by atoms with E-state index in [1.165, 1.54) is 7.11 Å². The highest BCUT2D eigenvalue weighted by Gasteiger charge is 2.31. The highest BCUT2D eigenvalue weighted by molar-refractivity contribution is 6.31. The maximum atomic E-state index is 12.7. The topological polar surface area (TPSA) is 55.8 Å². The Labute approximate surface area is 147 Å². The second-order valence-corrected chi connectivity index (χ2v) is 6.46. The molecule has 1 amide bonds. The van der Waals surface area contributed by atoms with Crippen LogP contribution in [-0.2, 0) is 14.3 Å². The van der Waals surface area contributed by atoms with Gasteiger partial charge in [0.1, 0.15) is 5.75 Å². The van der Waals surface area contributed by atoms with Crippen molar-refractivity contribution in [2.75, 3.05) is 20.2 Å². The van der Waals surface area contributed by atoms with E-state index in [9.17, 15) is 9.59 Å². The van der Waals surface area contributed by atoms with Crippen LogP contribution in [0.5, 0.6) is 5.75 Å². The number of benzene rings is 1. The largest absolute Gasteiger partial charge is 0.481 e. The zero-order chi connectivity index (χ0) is 17.7. The molecule has 6 heteroatoms. The molecule has 1 unspecified atom stereocenters. The van der Waals surface area contributed by atoms with Crippen LogP contribution in [-0.4, -0.2) is 43.1 Å². The summed E-state index contributed by atoms with van der Waals surface area (Å²) in [5.74, 6) is 0.302. The first-order valence-electron chi connectivity index (χ1n) is 8.25. The third kappa shape index (κ3) is 4.41. The molecule has 1 aromatic rings. The van der Waals surface area contributed by atoms with Crippen LogP contribution in [0.1, 0.15) is 31.7 Å². The van der Waals surface area contributed by atoms with Gasteiger partial charge in [-0.25, -0.2) is 0 Å². The van der Waals surface area contributed by atoms with Gasteiger partial charge >= 0.3 is 5.97 Å². The number of likely N-dealkylation sites (tertiary alicyclic amines) is 1. The summed E-state index contributed by atoms with van der Waals surface area (Å²) < 4.78 is 10.6. The summed E-state index contributed by atoms with van der Waals surface area (Å²) in [7, 11) is 1.40. The van der Waals surface area contributed by atoms with Crippen molar-refractivity contribution in [3.63, 3.8) is 0 Å². The lowest BCUT2D eigenvalue weighted by Crippen LogP contribution is -2.46. The number of carbonyl (C=O) groups is 2. The van der Waals surface area contributed by atoms with E-state index in [2.05, 4.69) is 0 Å². The Hall–Kier alpha value is -1.75. The molecule has 0 aliphatic carbocycles. The molecular formula is C18H24ClNO4. The van der Waals surface area contributed by atoms with Crippen molar-refractivity contribution in [2.45, 2.75) is 39.2 Å². The number of methoxy groups -OCH3 is 1. The first-order valence-corrected chi connectivity index (χ1v) is 8.63. The lowest BCUT2D eigenvalue weighted by Gasteiger charge is -2.33. The van der Waals surface area contributed by atoms with Gasteiger partial charge in [-0.1, -0.05) is 18.5 Å². The van der Waals surface area contributed by atoms with Gasteiger partial charge in [0.25, 0.3) is 5.91 Å². The number of aryl methyl sites for hydroxylation is 1. The standard InChI is InChI=1S/C18H24ClNO4/c1-4-16(24-14-5-6-15(19)12(2)11-14)17(21)20-9-7-13(8-10-20)18(22)23-3/h5-6,11,13,16H,4,7-10H2,1-3H3. The van der Waals surface area contributed by atoms with Gasteiger partial charge in [0.2, 0.25) is 0 Å². The number of esters is 1. The Kier molecular flexibility index (Phi) is 6.49. The van der Waals surface area contributed by atoms with Crippen LogP contribution >= 0.6 is 11.6 Å². The second-order valence-electron chi connectivity index (χ2n) is 6.05. The number of nitrogens with zero attached hydrogens (tertiary/aromatic N) is 1. The minimum atomic E-state index is -0.528. The summed E-state index contributed by atoms with van der Waals surface area (Å²) in [6.45, 7) is 4.93. The molecule has 24 heavy (non-hydrogen) atoms. The Balaban J connectivity index is 1.96. The van der Waals surface area contributed by atoms with E-state index in [0.29, 0.717) is 43.1 Å². The monoisotopic (exact) mass is 353 g/mol. The summed E-state index contributed by atoms with van der Waals surface area (Å²) in [5.41, 5.74) is 0.912. The molecule has 1 saturated heterocycles. The fourth-order valence-corrected chi connectivity index (χ4v) is 2.99. The van der Waals surface area contributed by atoms with Crippen LogP contribution in [0.4, 0.5) is 0 Å². The van der Waals surface area contributed by atoms with E-state index in [0.717, 1.165) is 5.56 Å². The number of amides is 1. The highest BCUT2D eigenvalue weighted by Crippen LogP contribution is 2.24. The van der Waals surface area contributed by atoms with Crippen molar-refractivity contribution < 1.29 is 19.1 Å². The van der Waals surface area contributed by atoms with Gasteiger partial charge in [-0.2, -0.15) is 0 Å². The molecule has 1 aliphatic rings. The number of piperidine rings is 1. The SMILES string of the molecule is CCC(Oc1ccc(Cl)c(C)c1)C(=O)N1CCC(C(=O)OC)CC1. The maximum absolute atomic E-state index is 12.7. The number of rotatable bonds is 5. The van der Waals surface area contributed by atoms with Crippen LogP contribution in [0.3, 0.4) is 0 Å². The molecule has 1 aliphatic heterocycles. The number of hydrogen-bond donors (Lipinski definition) is 0. The maximum Gasteiger partial charge on any atom is 0.308 e. The molecule has 1 fully saturated rings. The van der Waals surface area contributed by atoms with Crippen molar-refractivity contribution in [2.24, 2.45) is 5.92 Å². The summed E-state index contributed by atoms with van der Waals surface area (Å²) in [5, 5.41) is 0.673. The van der Waals surface area contributed by atoms with E-state index in [1.807, 2.05) is 19.9 Å². The van der Waals surface area contributed by atoms with Crippen molar-refractivity contribution in [3.05, 3.63) is 28.8 Å². The minimum absolute atomic E-state index is 0.0339. The van der Waals surface area contributed by atoms with Crippen LogP contribution in [0, 0.1) is 12.8 Å². The zero-order valence-corrected chi connectivity index (χ0v) is 15.1. The molecule has 0 N–H and O–H groups in total. The fraction of sp³-hybridized carbons (Fsp3) is 0.556. The van der Waals surface area contributed by atoms with Gasteiger partial charge in [-0.05, 0) is 49.9 Å². The average Bonchev–Trinajstić information content (AvgIpc) is 2.61. The predicted octanol–water partition coefficient (Wildman–Crippen LogP) is 3.22. The average molecular weight is 354 g/mol. The second kappa shape index (κ2) is 8.38. The molecule has 0 aromatic heterocycles. The van der Waals surface area contributed by atoms with Crippen molar-refractivity contribution in [3.8, 4) is 5.75 Å². The third-order valence-electron chi connectivity index (χ3n) is 4.40. The van der Waals surface area contributed by atoms with Gasteiger partial charge in [0.05, 0.1) is 13.0 Å². The van der Waals surface area contributed by atoms with Gasteiger partial charge in [0, 0.05) is 18.1 Å². The molecule has 0 bridgehead atoms. The molecule has 1 heterocycles.